The van der Waals surface area contributed by atoms with Gasteiger partial charge in [-0.3, -0.25) is 0 Å². The highest BCUT2D eigenvalue weighted by Gasteiger charge is 2.48. The summed E-state index contributed by atoms with van der Waals surface area (Å²) in [5.41, 5.74) is 1.42. The highest BCUT2D eigenvalue weighted by Crippen LogP contribution is 2.42. The molecule has 2 aliphatic heterocycles. The average molecular weight is 387 g/mol. The second-order valence-corrected chi connectivity index (χ2v) is 11.5. The fourth-order valence-corrected chi connectivity index (χ4v) is 5.90. The van der Waals surface area contributed by atoms with Crippen LogP contribution in [0.3, 0.4) is 0 Å². The fraction of sp³-hybridized carbons (Fsp3) is 0.625. The van der Waals surface area contributed by atoms with Crippen molar-refractivity contribution in [3.8, 4) is 0 Å². The van der Waals surface area contributed by atoms with Gasteiger partial charge >= 0.3 is 0 Å². The molecule has 0 bridgehead atoms. The molecule has 4 N–H and O–H groups in total. The van der Waals surface area contributed by atoms with Gasteiger partial charge in [0.05, 0.1) is 25.2 Å². The molecule has 0 saturated carbocycles. The maximum atomic E-state index is 12.8. The van der Waals surface area contributed by atoms with Gasteiger partial charge in [0.15, 0.2) is 0 Å². The van der Waals surface area contributed by atoms with E-state index in [2.05, 4.69) is 10.2 Å². The predicted molar refractivity (Wildman–Crippen MR) is 98.9 cm³/mol. The molecule has 2 saturated heterocycles. The van der Waals surface area contributed by atoms with Crippen LogP contribution in [0.2, 0.25) is 0 Å². The van der Waals surface area contributed by atoms with Gasteiger partial charge in [0.1, 0.15) is 0 Å². The van der Waals surface area contributed by atoms with Crippen molar-refractivity contribution in [2.45, 2.75) is 30.1 Å². The van der Waals surface area contributed by atoms with Crippen molar-refractivity contribution in [3.63, 3.8) is 0 Å². The van der Waals surface area contributed by atoms with E-state index < -0.39 is 19.8 Å². The molecule has 0 aliphatic carbocycles. The summed E-state index contributed by atoms with van der Waals surface area (Å²) in [5, 5.41) is 8.66. The first kappa shape index (κ1) is 18.6. The number of rotatable bonds is 5. The van der Waals surface area contributed by atoms with E-state index in [1.807, 2.05) is 13.8 Å². The number of sulfonamides is 1. The van der Waals surface area contributed by atoms with E-state index in [0.29, 0.717) is 22.6 Å². The SMILES string of the molecule is CC(C)Cc1c(S(N)(=O)=O)ccc(N2CC3(CNC3)C2)c1S(C)(=N)=O. The van der Waals surface area contributed by atoms with Gasteiger partial charge in [0.25, 0.3) is 0 Å². The molecule has 9 heteroatoms. The summed E-state index contributed by atoms with van der Waals surface area (Å²) >= 11 is 0. The van der Waals surface area contributed by atoms with Crippen LogP contribution in [0.1, 0.15) is 19.4 Å². The summed E-state index contributed by atoms with van der Waals surface area (Å²) in [6, 6.07) is 3.16. The first-order valence-corrected chi connectivity index (χ1v) is 11.8. The summed E-state index contributed by atoms with van der Waals surface area (Å²) in [6.07, 6.45) is 1.77. The average Bonchev–Trinajstić information content (AvgIpc) is 2.31. The zero-order valence-corrected chi connectivity index (χ0v) is 16.5. The quantitative estimate of drug-likeness (QED) is 0.697. The number of hydrogen-bond donors (Lipinski definition) is 3. The molecule has 1 aromatic rings. The molecule has 0 radical (unpaired) electrons. The van der Waals surface area contributed by atoms with Gasteiger partial charge in [0.2, 0.25) is 10.0 Å². The Morgan fingerprint density at radius 3 is 2.28 bits per heavy atom. The second-order valence-electron chi connectivity index (χ2n) is 7.84. The van der Waals surface area contributed by atoms with Crippen molar-refractivity contribution in [3.05, 3.63) is 17.7 Å². The third kappa shape index (κ3) is 3.42. The van der Waals surface area contributed by atoms with Crippen LogP contribution in [0.5, 0.6) is 0 Å². The number of nitrogens with zero attached hydrogens (tertiary/aromatic N) is 1. The van der Waals surface area contributed by atoms with Crippen LogP contribution < -0.4 is 15.4 Å². The van der Waals surface area contributed by atoms with Gasteiger partial charge < -0.3 is 10.2 Å². The Morgan fingerprint density at radius 1 is 1.28 bits per heavy atom. The third-order valence-electron chi connectivity index (χ3n) is 4.90. The Bertz CT molecular complexity index is 896. The second kappa shape index (κ2) is 5.94. The van der Waals surface area contributed by atoms with Crippen LogP contribution >= 0.6 is 0 Å². The fourth-order valence-electron chi connectivity index (χ4n) is 3.79. The molecule has 25 heavy (non-hydrogen) atoms. The van der Waals surface area contributed by atoms with E-state index >= 15 is 0 Å². The number of hydrogen-bond acceptors (Lipinski definition) is 6. The Morgan fingerprint density at radius 2 is 1.88 bits per heavy atom. The van der Waals surface area contributed by atoms with Gasteiger partial charge in [-0.25, -0.2) is 22.5 Å². The lowest BCUT2D eigenvalue weighted by molar-refractivity contribution is 0.121. The molecule has 3 rings (SSSR count). The minimum atomic E-state index is -3.95. The van der Waals surface area contributed by atoms with Gasteiger partial charge in [-0.05, 0) is 30.0 Å². The van der Waals surface area contributed by atoms with Crippen LogP contribution in [-0.2, 0) is 26.2 Å². The van der Waals surface area contributed by atoms with E-state index in [1.54, 1.807) is 6.07 Å². The van der Waals surface area contributed by atoms with Crippen LogP contribution in [0.25, 0.3) is 0 Å². The number of nitrogens with two attached hydrogens (primary N) is 1. The van der Waals surface area contributed by atoms with Crippen LogP contribution in [0, 0.1) is 16.1 Å². The standard InChI is InChI=1S/C16H26N4O3S2/c1-11(2)6-12-14(25(18,22)23)5-4-13(15(12)24(3,17)21)20-9-16(10-20)7-19-8-16/h4-5,11,17,19H,6-10H2,1-3H3,(H2,18,22,23). The lowest BCUT2D eigenvalue weighted by atomic mass is 9.74. The van der Waals surface area contributed by atoms with Crippen molar-refractivity contribution >= 4 is 25.4 Å². The first-order chi connectivity index (χ1) is 11.4. The molecule has 2 aliphatic rings. The molecule has 1 spiro atoms. The zero-order valence-electron chi connectivity index (χ0n) is 14.8. The first-order valence-electron chi connectivity index (χ1n) is 8.31. The van der Waals surface area contributed by atoms with Crippen molar-refractivity contribution in [2.75, 3.05) is 37.3 Å². The number of anilines is 1. The van der Waals surface area contributed by atoms with E-state index in [9.17, 15) is 12.6 Å². The van der Waals surface area contributed by atoms with Crippen molar-refractivity contribution < 1.29 is 12.6 Å². The molecule has 0 amide bonds. The van der Waals surface area contributed by atoms with Crippen LogP contribution in [0.4, 0.5) is 5.69 Å². The summed E-state index contributed by atoms with van der Waals surface area (Å²) in [4.78, 5) is 2.42. The van der Waals surface area contributed by atoms with Gasteiger partial charge in [-0.2, -0.15) is 0 Å². The van der Waals surface area contributed by atoms with E-state index in [0.717, 1.165) is 26.2 Å². The number of benzene rings is 1. The molecule has 2 fully saturated rings. The molecule has 1 atom stereocenters. The van der Waals surface area contributed by atoms with Crippen molar-refractivity contribution in [1.82, 2.24) is 5.32 Å². The van der Waals surface area contributed by atoms with Gasteiger partial charge in [-0.1, -0.05) is 13.8 Å². The molecular weight excluding hydrogens is 360 g/mol. The topological polar surface area (TPSA) is 116 Å². The molecule has 1 aromatic carbocycles. The molecular formula is C16H26N4O3S2. The Hall–Kier alpha value is -1.16. The predicted octanol–water partition coefficient (Wildman–Crippen LogP) is 0.978. The highest BCUT2D eigenvalue weighted by atomic mass is 32.2. The molecule has 2 heterocycles. The molecule has 1 unspecified atom stereocenters. The Balaban J connectivity index is 2.16. The number of nitrogens with one attached hydrogen (secondary N) is 2. The molecule has 0 aromatic heterocycles. The van der Waals surface area contributed by atoms with Crippen LogP contribution in [0.15, 0.2) is 21.9 Å². The monoisotopic (exact) mass is 386 g/mol. The zero-order chi connectivity index (χ0) is 18.6. The van der Waals surface area contributed by atoms with E-state index in [-0.39, 0.29) is 16.2 Å². The minimum absolute atomic E-state index is 0.0117. The van der Waals surface area contributed by atoms with E-state index in [4.69, 9.17) is 9.92 Å². The summed E-state index contributed by atoms with van der Waals surface area (Å²) in [5.74, 6) is 0.148. The molecule has 7 nitrogen and oxygen atoms in total. The summed E-state index contributed by atoms with van der Waals surface area (Å²) in [6.45, 7) is 7.52. The maximum absolute atomic E-state index is 12.8. The van der Waals surface area contributed by atoms with Gasteiger partial charge in [0, 0.05) is 37.8 Å². The lowest BCUT2D eigenvalue weighted by Crippen LogP contribution is -2.71. The maximum Gasteiger partial charge on any atom is 0.238 e. The van der Waals surface area contributed by atoms with Crippen molar-refractivity contribution in [2.24, 2.45) is 16.5 Å². The smallest absolute Gasteiger partial charge is 0.238 e. The Labute approximate surface area is 150 Å². The lowest BCUT2D eigenvalue weighted by Gasteiger charge is -2.57. The van der Waals surface area contributed by atoms with Crippen molar-refractivity contribution in [1.29, 1.82) is 4.78 Å². The van der Waals surface area contributed by atoms with Gasteiger partial charge in [-0.15, -0.1) is 0 Å². The Kier molecular flexibility index (Phi) is 4.42. The normalized spacial score (nSPS) is 21.7. The van der Waals surface area contributed by atoms with E-state index in [1.165, 1.54) is 12.3 Å². The summed E-state index contributed by atoms with van der Waals surface area (Å²) in [7, 11) is -7.06. The van der Waals surface area contributed by atoms with Crippen LogP contribution in [-0.4, -0.2) is 45.1 Å². The molecule has 140 valence electrons. The summed E-state index contributed by atoms with van der Waals surface area (Å²) < 4.78 is 45.1. The minimum Gasteiger partial charge on any atom is -0.369 e. The largest absolute Gasteiger partial charge is 0.369 e. The number of primary sulfonamides is 1. The highest BCUT2D eigenvalue weighted by molar-refractivity contribution is 7.92. The third-order valence-corrected chi connectivity index (χ3v) is 7.13.